The molecule has 0 amide bonds. The van der Waals surface area contributed by atoms with E-state index in [2.05, 4.69) is 19.8 Å². The third kappa shape index (κ3) is 5.13. The molecule has 6 nitrogen and oxygen atoms in total. The monoisotopic (exact) mass is 293 g/mol. The maximum absolute atomic E-state index is 11.6. The highest BCUT2D eigenvalue weighted by molar-refractivity contribution is 5.37. The van der Waals surface area contributed by atoms with Crippen molar-refractivity contribution in [1.29, 1.82) is 0 Å². The topological polar surface area (TPSA) is 78.2 Å². The van der Waals surface area contributed by atoms with E-state index in [1.807, 2.05) is 6.92 Å². The molecule has 1 aliphatic heterocycles. The van der Waals surface area contributed by atoms with Gasteiger partial charge < -0.3 is 20.5 Å². The molecular weight excluding hydrogens is 266 g/mol. The molecule has 1 saturated heterocycles. The summed E-state index contributed by atoms with van der Waals surface area (Å²) >= 11 is 0. The maximum atomic E-state index is 11.6. The van der Waals surface area contributed by atoms with Crippen LogP contribution in [0.25, 0.3) is 0 Å². The minimum atomic E-state index is -0.0691. The highest BCUT2D eigenvalue weighted by atomic mass is 16.1. The Bertz CT molecular complexity index is 487. The van der Waals surface area contributed by atoms with Gasteiger partial charge in [-0.2, -0.15) is 0 Å². The average molecular weight is 293 g/mol. The van der Waals surface area contributed by atoms with Crippen molar-refractivity contribution in [3.8, 4) is 0 Å². The van der Waals surface area contributed by atoms with Crippen molar-refractivity contribution in [1.82, 2.24) is 14.9 Å². The van der Waals surface area contributed by atoms with Crippen molar-refractivity contribution < 1.29 is 0 Å². The van der Waals surface area contributed by atoms with Gasteiger partial charge in [-0.1, -0.05) is 6.42 Å². The number of aromatic amines is 1. The Morgan fingerprint density at radius 1 is 1.24 bits per heavy atom. The number of hydrogen-bond acceptors (Lipinski definition) is 5. The third-order valence-corrected chi connectivity index (χ3v) is 3.94. The summed E-state index contributed by atoms with van der Waals surface area (Å²) in [4.78, 5) is 23.4. The number of rotatable bonds is 6. The first kappa shape index (κ1) is 16.0. The van der Waals surface area contributed by atoms with Crippen molar-refractivity contribution in [3.63, 3.8) is 0 Å². The van der Waals surface area contributed by atoms with Crippen LogP contribution in [0, 0.1) is 6.92 Å². The second-order valence-corrected chi connectivity index (χ2v) is 5.72. The summed E-state index contributed by atoms with van der Waals surface area (Å²) in [6.07, 6.45) is 4.67. The number of anilines is 1. The fourth-order valence-corrected chi connectivity index (χ4v) is 2.81. The van der Waals surface area contributed by atoms with Gasteiger partial charge in [0.25, 0.3) is 5.56 Å². The van der Waals surface area contributed by atoms with Gasteiger partial charge in [0, 0.05) is 25.7 Å². The molecule has 21 heavy (non-hydrogen) atoms. The van der Waals surface area contributed by atoms with Crippen molar-refractivity contribution in [3.05, 3.63) is 22.2 Å². The van der Waals surface area contributed by atoms with Gasteiger partial charge in [0.2, 0.25) is 0 Å². The number of nitrogens with two attached hydrogens (primary N) is 1. The Morgan fingerprint density at radius 3 is 2.86 bits per heavy atom. The fraction of sp³-hybridized carbons (Fsp3) is 0.733. The van der Waals surface area contributed by atoms with Crippen LogP contribution < -0.4 is 16.2 Å². The lowest BCUT2D eigenvalue weighted by Crippen LogP contribution is -2.32. The number of unbranched alkanes of at least 4 members (excludes halogenated alkanes) is 2. The zero-order chi connectivity index (χ0) is 15.1. The summed E-state index contributed by atoms with van der Waals surface area (Å²) in [5.74, 6) is 1.49. The molecule has 0 radical (unpaired) electrons. The zero-order valence-corrected chi connectivity index (χ0v) is 13.0. The molecule has 0 aromatic carbocycles. The van der Waals surface area contributed by atoms with E-state index in [-0.39, 0.29) is 5.56 Å². The van der Waals surface area contributed by atoms with E-state index in [9.17, 15) is 4.79 Å². The molecule has 0 aliphatic carbocycles. The van der Waals surface area contributed by atoms with Gasteiger partial charge in [-0.3, -0.25) is 4.79 Å². The number of aryl methyl sites for hydroxylation is 1. The van der Waals surface area contributed by atoms with E-state index < -0.39 is 0 Å². The van der Waals surface area contributed by atoms with Gasteiger partial charge in [0.1, 0.15) is 11.6 Å². The van der Waals surface area contributed by atoms with Crippen LogP contribution in [0.3, 0.4) is 0 Å². The number of nitrogens with one attached hydrogen (secondary N) is 1. The number of H-pyrrole nitrogens is 1. The first-order valence-electron chi connectivity index (χ1n) is 7.94. The predicted molar refractivity (Wildman–Crippen MR) is 85.8 cm³/mol. The van der Waals surface area contributed by atoms with Crippen LogP contribution in [-0.4, -0.2) is 54.1 Å². The van der Waals surface area contributed by atoms with E-state index in [0.717, 1.165) is 57.9 Å². The van der Waals surface area contributed by atoms with E-state index in [0.29, 0.717) is 5.82 Å². The molecule has 0 unspecified atom stereocenters. The van der Waals surface area contributed by atoms with Crippen molar-refractivity contribution in [2.75, 3.05) is 44.2 Å². The molecule has 2 rings (SSSR count). The Morgan fingerprint density at radius 2 is 2.10 bits per heavy atom. The van der Waals surface area contributed by atoms with Crippen LogP contribution in [0.2, 0.25) is 0 Å². The van der Waals surface area contributed by atoms with Crippen LogP contribution in [0.15, 0.2) is 10.9 Å². The Labute approximate surface area is 126 Å². The Balaban J connectivity index is 1.87. The zero-order valence-electron chi connectivity index (χ0n) is 13.0. The SMILES string of the molecule is Cc1nc(N2CCCN(CCCCCN)CC2)cc(=O)[nH]1. The van der Waals surface area contributed by atoms with Gasteiger partial charge in [-0.15, -0.1) is 0 Å². The van der Waals surface area contributed by atoms with Gasteiger partial charge in [0.05, 0.1) is 0 Å². The lowest BCUT2D eigenvalue weighted by Gasteiger charge is -2.22. The molecule has 6 heteroatoms. The van der Waals surface area contributed by atoms with Crippen LogP contribution in [-0.2, 0) is 0 Å². The summed E-state index contributed by atoms with van der Waals surface area (Å²) in [7, 11) is 0. The number of hydrogen-bond donors (Lipinski definition) is 2. The first-order valence-corrected chi connectivity index (χ1v) is 7.94. The van der Waals surface area contributed by atoms with Crippen LogP contribution in [0.1, 0.15) is 31.5 Å². The van der Waals surface area contributed by atoms with Gasteiger partial charge in [-0.05, 0) is 45.8 Å². The summed E-state index contributed by atoms with van der Waals surface area (Å²) in [5, 5.41) is 0. The summed E-state index contributed by atoms with van der Waals surface area (Å²) in [6, 6.07) is 1.60. The second kappa shape index (κ2) is 8.14. The highest BCUT2D eigenvalue weighted by Crippen LogP contribution is 2.12. The first-order chi connectivity index (χ1) is 10.2. The molecule has 3 N–H and O–H groups in total. The molecule has 0 saturated carbocycles. The maximum Gasteiger partial charge on any atom is 0.252 e. The van der Waals surface area contributed by atoms with E-state index in [4.69, 9.17) is 5.73 Å². The predicted octanol–water partition coefficient (Wildman–Crippen LogP) is 0.719. The molecule has 0 atom stereocenters. The molecule has 1 aromatic rings. The molecular formula is C15H27N5O. The second-order valence-electron chi connectivity index (χ2n) is 5.72. The number of nitrogens with zero attached hydrogens (tertiary/aromatic N) is 3. The third-order valence-electron chi connectivity index (χ3n) is 3.94. The quantitative estimate of drug-likeness (QED) is 0.756. The fourth-order valence-electron chi connectivity index (χ4n) is 2.81. The van der Waals surface area contributed by atoms with Crippen molar-refractivity contribution >= 4 is 5.82 Å². The minimum Gasteiger partial charge on any atom is -0.355 e. The standard InChI is InChI=1S/C15H27N5O/c1-13-17-14(12-15(21)18-13)20-9-5-8-19(10-11-20)7-4-2-3-6-16/h12H,2-11,16H2,1H3,(H,17,18,21). The minimum absolute atomic E-state index is 0.0691. The Hall–Kier alpha value is -1.40. The van der Waals surface area contributed by atoms with Gasteiger partial charge in [0.15, 0.2) is 0 Å². The average Bonchev–Trinajstić information content (AvgIpc) is 2.68. The van der Waals surface area contributed by atoms with Crippen molar-refractivity contribution in [2.45, 2.75) is 32.6 Å². The lowest BCUT2D eigenvalue weighted by atomic mass is 10.2. The van der Waals surface area contributed by atoms with Crippen LogP contribution in [0.4, 0.5) is 5.82 Å². The molecule has 2 heterocycles. The molecule has 0 bridgehead atoms. The van der Waals surface area contributed by atoms with Crippen LogP contribution in [0.5, 0.6) is 0 Å². The van der Waals surface area contributed by atoms with E-state index in [1.165, 1.54) is 12.8 Å². The smallest absolute Gasteiger partial charge is 0.252 e. The van der Waals surface area contributed by atoms with Crippen molar-refractivity contribution in [2.24, 2.45) is 5.73 Å². The van der Waals surface area contributed by atoms with E-state index >= 15 is 0 Å². The van der Waals surface area contributed by atoms with Crippen LogP contribution >= 0.6 is 0 Å². The summed E-state index contributed by atoms with van der Waals surface area (Å²) in [6.45, 7) is 7.84. The largest absolute Gasteiger partial charge is 0.355 e. The number of aromatic nitrogens is 2. The molecule has 118 valence electrons. The summed E-state index contributed by atoms with van der Waals surface area (Å²) in [5.41, 5.74) is 5.46. The van der Waals surface area contributed by atoms with Gasteiger partial charge in [-0.25, -0.2) is 4.98 Å². The van der Waals surface area contributed by atoms with Gasteiger partial charge >= 0.3 is 0 Å². The Kier molecular flexibility index (Phi) is 6.20. The molecule has 1 aliphatic rings. The molecule has 0 spiro atoms. The normalized spacial score (nSPS) is 17.0. The molecule has 1 aromatic heterocycles. The van der Waals surface area contributed by atoms with E-state index in [1.54, 1.807) is 6.07 Å². The highest BCUT2D eigenvalue weighted by Gasteiger charge is 2.16. The molecule has 1 fully saturated rings. The summed E-state index contributed by atoms with van der Waals surface area (Å²) < 4.78 is 0. The lowest BCUT2D eigenvalue weighted by molar-refractivity contribution is 0.286.